The van der Waals surface area contributed by atoms with E-state index >= 15 is 0 Å². The van der Waals surface area contributed by atoms with E-state index in [0.29, 0.717) is 0 Å². The number of rotatable bonds is 3. The third kappa shape index (κ3) is 12.1. The smallest absolute Gasteiger partial charge is 0.333 e. The molecule has 0 aromatic rings. The first-order valence-electron chi connectivity index (χ1n) is 2.16. The van der Waals surface area contributed by atoms with E-state index in [1.165, 1.54) is 0 Å². The second kappa shape index (κ2) is 10.3. The third-order valence-corrected chi connectivity index (χ3v) is 0.653. The van der Waals surface area contributed by atoms with E-state index in [0.717, 1.165) is 0 Å². The van der Waals surface area contributed by atoms with Crippen molar-refractivity contribution in [3.63, 3.8) is 0 Å². The molecule has 0 fully saturated rings. The minimum absolute atomic E-state index is 0. The average molecular weight is 226 g/mol. The van der Waals surface area contributed by atoms with Crippen LogP contribution in [0, 0.1) is 0 Å². The Bertz CT molecular complexity index is 135. The van der Waals surface area contributed by atoms with Crippen molar-refractivity contribution in [3.8, 4) is 0 Å². The first-order valence-corrected chi connectivity index (χ1v) is 2.16. The van der Waals surface area contributed by atoms with Crippen molar-refractivity contribution in [1.29, 1.82) is 0 Å². The third-order valence-electron chi connectivity index (χ3n) is 0.653. The van der Waals surface area contributed by atoms with Crippen LogP contribution >= 0.6 is 0 Å². The van der Waals surface area contributed by atoms with Gasteiger partial charge in [-0.1, -0.05) is 0 Å². The molecule has 7 N–H and O–H groups in total. The fraction of sp³-hybridized carbons (Fsp3) is 0.500. The molecule has 1 atom stereocenters. The molecule has 0 aromatic heterocycles. The topological polar surface area (TPSA) is 158 Å². The van der Waals surface area contributed by atoms with Crippen molar-refractivity contribution in [1.82, 2.24) is 0 Å². The van der Waals surface area contributed by atoms with Gasteiger partial charge in [-0.2, -0.15) is 0 Å². The molecular formula is C4H10FeO7. The number of aliphatic hydroxyl groups is 1. The van der Waals surface area contributed by atoms with E-state index in [1.807, 2.05) is 0 Å². The maximum atomic E-state index is 9.72. The predicted molar refractivity (Wildman–Crippen MR) is 33.1 cm³/mol. The number of hydrogen-bond acceptors (Lipinski definition) is 3. The van der Waals surface area contributed by atoms with Gasteiger partial charge in [-0.15, -0.1) is 0 Å². The largest absolute Gasteiger partial charge is 0.481 e. The Morgan fingerprint density at radius 3 is 1.58 bits per heavy atom. The molecular weight excluding hydrogens is 216 g/mol. The SMILES string of the molecule is O.O.O=C(O)CC(O)C(=O)O.[Fe]. The van der Waals surface area contributed by atoms with Crippen molar-refractivity contribution in [2.24, 2.45) is 0 Å². The van der Waals surface area contributed by atoms with Gasteiger partial charge in [0.1, 0.15) is 0 Å². The molecule has 0 aromatic carbocycles. The number of carboxylic acids is 2. The monoisotopic (exact) mass is 226 g/mol. The summed E-state index contributed by atoms with van der Waals surface area (Å²) in [6.45, 7) is 0. The predicted octanol–water partition coefficient (Wildman–Crippen LogP) is -2.75. The Balaban J connectivity index is -0.000000107. The maximum Gasteiger partial charge on any atom is 0.333 e. The summed E-state index contributed by atoms with van der Waals surface area (Å²) >= 11 is 0. The first kappa shape index (κ1) is 22.5. The van der Waals surface area contributed by atoms with Crippen LogP contribution in [0.15, 0.2) is 0 Å². The number of aliphatic hydroxyl groups excluding tert-OH is 1. The van der Waals surface area contributed by atoms with Gasteiger partial charge in [-0.3, -0.25) is 4.79 Å². The summed E-state index contributed by atoms with van der Waals surface area (Å²) in [4.78, 5) is 19.4. The van der Waals surface area contributed by atoms with Gasteiger partial charge >= 0.3 is 11.9 Å². The molecule has 0 bridgehead atoms. The molecule has 0 spiro atoms. The van der Waals surface area contributed by atoms with Gasteiger partial charge in [0, 0.05) is 17.1 Å². The Morgan fingerprint density at radius 2 is 1.50 bits per heavy atom. The van der Waals surface area contributed by atoms with E-state index < -0.39 is 24.5 Å². The quantitative estimate of drug-likeness (QED) is 0.444. The van der Waals surface area contributed by atoms with Gasteiger partial charge in [0.25, 0.3) is 0 Å². The zero-order chi connectivity index (χ0) is 7.44. The molecule has 12 heavy (non-hydrogen) atoms. The van der Waals surface area contributed by atoms with Gasteiger partial charge in [0.2, 0.25) is 0 Å². The van der Waals surface area contributed by atoms with Gasteiger partial charge in [-0.05, 0) is 0 Å². The minimum atomic E-state index is -1.79. The van der Waals surface area contributed by atoms with E-state index in [-0.39, 0.29) is 28.0 Å². The molecule has 0 aliphatic carbocycles. The number of hydrogen-bond donors (Lipinski definition) is 3. The summed E-state index contributed by atoms with van der Waals surface area (Å²) in [5.41, 5.74) is 0. The zero-order valence-corrected chi connectivity index (χ0v) is 6.90. The van der Waals surface area contributed by atoms with E-state index in [2.05, 4.69) is 0 Å². The van der Waals surface area contributed by atoms with Crippen LogP contribution in [-0.2, 0) is 26.7 Å². The van der Waals surface area contributed by atoms with Crippen molar-refractivity contribution < 1.29 is 52.9 Å². The maximum absolute atomic E-state index is 9.72. The molecule has 8 heteroatoms. The summed E-state index contributed by atoms with van der Waals surface area (Å²) < 4.78 is 0. The minimum Gasteiger partial charge on any atom is -0.481 e. The van der Waals surface area contributed by atoms with E-state index in [4.69, 9.17) is 15.3 Å². The first-order chi connectivity index (χ1) is 4.04. The fourth-order valence-corrected chi connectivity index (χ4v) is 0.253. The molecule has 0 heterocycles. The molecule has 0 saturated carbocycles. The average Bonchev–Trinajstić information content (AvgIpc) is 1.63. The molecule has 0 aliphatic heterocycles. The summed E-state index contributed by atoms with van der Waals surface area (Å²) in [7, 11) is 0. The van der Waals surface area contributed by atoms with Crippen molar-refractivity contribution in [2.75, 3.05) is 0 Å². The van der Waals surface area contributed by atoms with Crippen LogP contribution in [0.1, 0.15) is 6.42 Å². The van der Waals surface area contributed by atoms with Crippen LogP contribution in [0.2, 0.25) is 0 Å². The van der Waals surface area contributed by atoms with Crippen LogP contribution in [-0.4, -0.2) is 44.3 Å². The van der Waals surface area contributed by atoms with E-state index in [1.54, 1.807) is 0 Å². The van der Waals surface area contributed by atoms with E-state index in [9.17, 15) is 9.59 Å². The second-order valence-corrected chi connectivity index (χ2v) is 1.45. The Kier molecular flexibility index (Phi) is 19.4. The summed E-state index contributed by atoms with van der Waals surface area (Å²) in [5.74, 6) is -2.85. The van der Waals surface area contributed by atoms with Gasteiger partial charge in [-0.25, -0.2) is 4.79 Å². The Morgan fingerprint density at radius 1 is 1.17 bits per heavy atom. The molecule has 76 valence electrons. The van der Waals surface area contributed by atoms with Gasteiger partial charge < -0.3 is 26.3 Å². The van der Waals surface area contributed by atoms with Crippen LogP contribution in [0.4, 0.5) is 0 Å². The number of aliphatic carboxylic acids is 2. The normalized spacial score (nSPS) is 9.42. The molecule has 0 rings (SSSR count). The van der Waals surface area contributed by atoms with Crippen LogP contribution < -0.4 is 0 Å². The van der Waals surface area contributed by atoms with Crippen LogP contribution in [0.3, 0.4) is 0 Å². The molecule has 0 radical (unpaired) electrons. The van der Waals surface area contributed by atoms with Crippen molar-refractivity contribution in [2.45, 2.75) is 12.5 Å². The van der Waals surface area contributed by atoms with Crippen molar-refractivity contribution >= 4 is 11.9 Å². The van der Waals surface area contributed by atoms with Crippen LogP contribution in [0.25, 0.3) is 0 Å². The van der Waals surface area contributed by atoms with Crippen LogP contribution in [0.5, 0.6) is 0 Å². The molecule has 0 saturated heterocycles. The van der Waals surface area contributed by atoms with Gasteiger partial charge in [0.15, 0.2) is 6.10 Å². The zero-order valence-electron chi connectivity index (χ0n) is 5.80. The standard InChI is InChI=1S/C4H6O5.Fe.2H2O/c5-2(4(8)9)1-3(6)7;;;/h2,5H,1H2,(H,6,7)(H,8,9);;2*1H2. The fourth-order valence-electron chi connectivity index (χ4n) is 0.253. The van der Waals surface area contributed by atoms with Crippen molar-refractivity contribution in [3.05, 3.63) is 0 Å². The summed E-state index contributed by atoms with van der Waals surface area (Å²) in [6.07, 6.45) is -2.54. The Hall–Kier alpha value is -0.661. The molecule has 0 aliphatic rings. The molecule has 7 nitrogen and oxygen atoms in total. The molecule has 0 amide bonds. The summed E-state index contributed by atoms with van der Waals surface area (Å²) in [6, 6.07) is 0. The Labute approximate surface area is 78.1 Å². The second-order valence-electron chi connectivity index (χ2n) is 1.45. The summed E-state index contributed by atoms with van der Waals surface area (Å²) in [5, 5.41) is 24.1. The van der Waals surface area contributed by atoms with Gasteiger partial charge in [0.05, 0.1) is 6.42 Å². The number of carbonyl (C=O) groups is 2. The molecule has 1 unspecified atom stereocenters. The number of carboxylic acid groups (broad SMARTS) is 2.